The van der Waals surface area contributed by atoms with Gasteiger partial charge in [-0.25, -0.2) is 13.6 Å². The Morgan fingerprint density at radius 3 is 2.69 bits per heavy atom. The normalized spacial score (nSPS) is 18.8. The van der Waals surface area contributed by atoms with Crippen molar-refractivity contribution in [2.75, 3.05) is 44.7 Å². The van der Waals surface area contributed by atoms with Crippen LogP contribution in [0, 0.1) is 11.6 Å². The van der Waals surface area contributed by atoms with Gasteiger partial charge in [0, 0.05) is 31.9 Å². The van der Waals surface area contributed by atoms with Crippen molar-refractivity contribution >= 4 is 11.7 Å². The molecule has 2 amide bonds. The molecule has 0 unspecified atom stereocenters. The van der Waals surface area contributed by atoms with Crippen molar-refractivity contribution < 1.29 is 18.3 Å². The number of amides is 2. The predicted molar refractivity (Wildman–Crippen MR) is 96.2 cm³/mol. The highest BCUT2D eigenvalue weighted by Gasteiger charge is 2.26. The molecule has 2 aliphatic rings. The van der Waals surface area contributed by atoms with Crippen LogP contribution in [0.1, 0.15) is 32.1 Å². The topological polar surface area (TPSA) is 44.8 Å². The molecular formula is C19H27F2N3O2. The largest absolute Gasteiger partial charge is 0.381 e. The van der Waals surface area contributed by atoms with Gasteiger partial charge in [0.15, 0.2) is 0 Å². The number of hydrogen-bond donors (Lipinski definition) is 1. The van der Waals surface area contributed by atoms with Crippen molar-refractivity contribution in [3.05, 3.63) is 29.8 Å². The fraction of sp³-hybridized carbons (Fsp3) is 0.632. The zero-order valence-corrected chi connectivity index (χ0v) is 15.1. The van der Waals surface area contributed by atoms with Gasteiger partial charge in [0.1, 0.15) is 11.6 Å². The molecule has 7 heteroatoms. The Balaban J connectivity index is 1.62. The quantitative estimate of drug-likeness (QED) is 0.837. The zero-order valence-electron chi connectivity index (χ0n) is 15.1. The summed E-state index contributed by atoms with van der Waals surface area (Å²) in [5.41, 5.74) is -0.119. The second-order valence-corrected chi connectivity index (χ2v) is 6.99. The Bertz CT molecular complexity index is 602. The summed E-state index contributed by atoms with van der Waals surface area (Å²) in [6.07, 6.45) is 4.88. The first kappa shape index (κ1) is 19.0. The molecule has 0 spiro atoms. The molecule has 0 bridgehead atoms. The molecular weight excluding hydrogens is 340 g/mol. The molecule has 26 heavy (non-hydrogen) atoms. The number of rotatable bonds is 6. The number of nitrogens with one attached hydrogen (secondary N) is 1. The monoisotopic (exact) mass is 367 g/mol. The summed E-state index contributed by atoms with van der Waals surface area (Å²) in [6.45, 7) is 5.05. The molecule has 1 aromatic rings. The Morgan fingerprint density at radius 1 is 1.23 bits per heavy atom. The Morgan fingerprint density at radius 2 is 1.96 bits per heavy atom. The average molecular weight is 367 g/mol. The van der Waals surface area contributed by atoms with Crippen LogP contribution in [0.3, 0.4) is 0 Å². The SMILES string of the molecule is O=C(Nc1cc(F)ccc1F)N(CCCN1CCCC1)C1CCOCC1. The van der Waals surface area contributed by atoms with E-state index >= 15 is 0 Å². The lowest BCUT2D eigenvalue weighted by atomic mass is 10.1. The molecule has 144 valence electrons. The van der Waals surface area contributed by atoms with E-state index in [0.717, 1.165) is 57.1 Å². The Kier molecular flexibility index (Phi) is 6.80. The summed E-state index contributed by atoms with van der Waals surface area (Å²) in [5.74, 6) is -1.21. The first-order valence-corrected chi connectivity index (χ1v) is 9.46. The van der Waals surface area contributed by atoms with E-state index in [0.29, 0.717) is 19.8 Å². The van der Waals surface area contributed by atoms with Gasteiger partial charge in [-0.3, -0.25) is 0 Å². The van der Waals surface area contributed by atoms with Crippen LogP contribution in [0.25, 0.3) is 0 Å². The molecule has 2 fully saturated rings. The number of nitrogens with zero attached hydrogens (tertiary/aromatic N) is 2. The number of carbonyl (C=O) groups is 1. The van der Waals surface area contributed by atoms with Crippen molar-refractivity contribution in [1.82, 2.24) is 9.80 Å². The molecule has 2 heterocycles. The first-order valence-electron chi connectivity index (χ1n) is 9.46. The number of benzene rings is 1. The van der Waals surface area contributed by atoms with Gasteiger partial charge in [-0.15, -0.1) is 0 Å². The molecule has 0 saturated carbocycles. The summed E-state index contributed by atoms with van der Waals surface area (Å²) in [7, 11) is 0. The van der Waals surface area contributed by atoms with Crippen LogP contribution in [0.15, 0.2) is 18.2 Å². The number of urea groups is 1. The lowest BCUT2D eigenvalue weighted by Crippen LogP contribution is -2.46. The minimum absolute atomic E-state index is 0.0685. The Hall–Kier alpha value is -1.73. The molecule has 1 N–H and O–H groups in total. The third-order valence-electron chi connectivity index (χ3n) is 5.13. The van der Waals surface area contributed by atoms with E-state index in [4.69, 9.17) is 4.74 Å². The molecule has 1 aromatic carbocycles. The van der Waals surface area contributed by atoms with Crippen molar-refractivity contribution in [3.63, 3.8) is 0 Å². The molecule has 3 rings (SSSR count). The van der Waals surface area contributed by atoms with Crippen molar-refractivity contribution in [3.8, 4) is 0 Å². The van der Waals surface area contributed by atoms with Crippen LogP contribution in [0.4, 0.5) is 19.3 Å². The molecule has 2 saturated heterocycles. The first-order chi connectivity index (χ1) is 12.6. The minimum atomic E-state index is -0.635. The maximum Gasteiger partial charge on any atom is 0.322 e. The van der Waals surface area contributed by atoms with E-state index in [2.05, 4.69) is 10.2 Å². The standard InChI is InChI=1S/C19H27F2N3O2/c20-15-4-5-17(21)18(14-15)22-19(25)24(16-6-12-26-13-7-16)11-3-10-23-8-1-2-9-23/h4-5,14,16H,1-3,6-13H2,(H,22,25). The van der Waals surface area contributed by atoms with Gasteiger partial charge in [-0.05, 0) is 63.9 Å². The highest BCUT2D eigenvalue weighted by Crippen LogP contribution is 2.20. The molecule has 0 radical (unpaired) electrons. The second kappa shape index (κ2) is 9.28. The van der Waals surface area contributed by atoms with Crippen LogP contribution >= 0.6 is 0 Å². The summed E-state index contributed by atoms with van der Waals surface area (Å²) >= 11 is 0. The number of likely N-dealkylation sites (tertiary alicyclic amines) is 1. The van der Waals surface area contributed by atoms with E-state index in [-0.39, 0.29) is 17.8 Å². The van der Waals surface area contributed by atoms with E-state index in [1.807, 2.05) is 0 Å². The van der Waals surface area contributed by atoms with Crippen molar-refractivity contribution in [2.24, 2.45) is 0 Å². The fourth-order valence-corrected chi connectivity index (χ4v) is 3.70. The molecule has 0 aliphatic carbocycles. The van der Waals surface area contributed by atoms with Crippen LogP contribution in [-0.2, 0) is 4.74 Å². The average Bonchev–Trinajstić information content (AvgIpc) is 3.16. The summed E-state index contributed by atoms with van der Waals surface area (Å²) in [6, 6.07) is 2.77. The van der Waals surface area contributed by atoms with Crippen LogP contribution in [0.2, 0.25) is 0 Å². The molecule has 0 atom stereocenters. The maximum absolute atomic E-state index is 13.9. The van der Waals surface area contributed by atoms with Crippen LogP contribution < -0.4 is 5.32 Å². The molecule has 0 aromatic heterocycles. The highest BCUT2D eigenvalue weighted by molar-refractivity contribution is 5.89. The van der Waals surface area contributed by atoms with Gasteiger partial charge in [0.05, 0.1) is 5.69 Å². The predicted octanol–water partition coefficient (Wildman–Crippen LogP) is 3.46. The third kappa shape index (κ3) is 5.14. The van der Waals surface area contributed by atoms with Gasteiger partial charge in [0.2, 0.25) is 0 Å². The van der Waals surface area contributed by atoms with Gasteiger partial charge in [0.25, 0.3) is 0 Å². The maximum atomic E-state index is 13.9. The second-order valence-electron chi connectivity index (χ2n) is 6.99. The number of halogens is 2. The van der Waals surface area contributed by atoms with Gasteiger partial charge in [-0.2, -0.15) is 0 Å². The summed E-state index contributed by atoms with van der Waals surface area (Å²) < 4.78 is 32.6. The summed E-state index contributed by atoms with van der Waals surface area (Å²) in [5, 5.41) is 2.54. The third-order valence-corrected chi connectivity index (χ3v) is 5.13. The lowest BCUT2D eigenvalue weighted by Gasteiger charge is -2.34. The summed E-state index contributed by atoms with van der Waals surface area (Å²) in [4.78, 5) is 16.9. The van der Waals surface area contributed by atoms with E-state index in [1.54, 1.807) is 4.90 Å². The van der Waals surface area contributed by atoms with E-state index in [9.17, 15) is 13.6 Å². The van der Waals surface area contributed by atoms with E-state index < -0.39 is 11.6 Å². The minimum Gasteiger partial charge on any atom is -0.381 e. The highest BCUT2D eigenvalue weighted by atomic mass is 19.1. The van der Waals surface area contributed by atoms with Gasteiger partial charge < -0.3 is 19.9 Å². The number of ether oxygens (including phenoxy) is 1. The van der Waals surface area contributed by atoms with E-state index in [1.165, 1.54) is 12.8 Å². The van der Waals surface area contributed by atoms with Crippen LogP contribution in [0.5, 0.6) is 0 Å². The van der Waals surface area contributed by atoms with Crippen molar-refractivity contribution in [2.45, 2.75) is 38.1 Å². The Labute approximate surface area is 153 Å². The number of carbonyl (C=O) groups excluding carboxylic acids is 1. The fourth-order valence-electron chi connectivity index (χ4n) is 3.70. The molecule has 2 aliphatic heterocycles. The van der Waals surface area contributed by atoms with Gasteiger partial charge >= 0.3 is 6.03 Å². The van der Waals surface area contributed by atoms with Crippen molar-refractivity contribution in [1.29, 1.82) is 0 Å². The zero-order chi connectivity index (χ0) is 18.4. The molecule has 5 nitrogen and oxygen atoms in total. The number of anilines is 1. The van der Waals surface area contributed by atoms with Gasteiger partial charge in [-0.1, -0.05) is 0 Å². The lowest BCUT2D eigenvalue weighted by molar-refractivity contribution is 0.0471. The van der Waals surface area contributed by atoms with Crippen LogP contribution in [-0.4, -0.2) is 61.3 Å². The smallest absolute Gasteiger partial charge is 0.322 e. The number of hydrogen-bond acceptors (Lipinski definition) is 3.